The highest BCUT2D eigenvalue weighted by Gasteiger charge is 2.40. The molecule has 0 aromatic heterocycles. The SMILES string of the molecule is CC(C)Cc1ccc(C(C)C(=O)Oc2ccc(OC(=O)CCCO[N+](=O)[O-])c(C(=O)Oc3ccc(P4(=S)SP(c5ccc(O)cc5)S4)cc3)c2)cc1. The second-order valence-corrected chi connectivity index (χ2v) is 28.8. The Bertz CT molecular complexity index is 1970. The maximum Gasteiger partial charge on any atom is 0.347 e. The van der Waals surface area contributed by atoms with Gasteiger partial charge in [0, 0.05) is 11.7 Å². The smallest absolute Gasteiger partial charge is 0.347 e. The summed E-state index contributed by atoms with van der Waals surface area (Å²) in [7, 11) is 0. The maximum atomic E-state index is 13.5. The highest BCUT2D eigenvalue weighted by Crippen LogP contribution is 2.99. The first-order valence-corrected chi connectivity index (χ1v) is 24.3. The quantitative estimate of drug-likeness (QED) is 0.0306. The van der Waals surface area contributed by atoms with E-state index >= 15 is 0 Å². The van der Waals surface area contributed by atoms with E-state index in [2.05, 4.69) is 18.7 Å². The molecule has 1 fully saturated rings. The van der Waals surface area contributed by atoms with Crippen LogP contribution in [0.4, 0.5) is 0 Å². The van der Waals surface area contributed by atoms with Crippen LogP contribution in [-0.4, -0.2) is 34.7 Å². The molecule has 5 rings (SSSR count). The van der Waals surface area contributed by atoms with E-state index in [1.807, 2.05) is 48.5 Å². The number of nitrogens with zero attached hydrogens (tertiary/aromatic N) is 1. The van der Waals surface area contributed by atoms with E-state index in [4.69, 9.17) is 26.0 Å². The molecule has 1 unspecified atom stereocenters. The van der Waals surface area contributed by atoms with Crippen LogP contribution in [0.3, 0.4) is 0 Å². The van der Waals surface area contributed by atoms with Gasteiger partial charge in [0.05, 0.1) is 23.3 Å². The number of hydrogen-bond acceptors (Lipinski definition) is 13. The molecule has 1 aliphatic rings. The molecule has 4 aromatic carbocycles. The minimum absolute atomic E-state index is 0.0123. The topological polar surface area (TPSA) is 151 Å². The van der Waals surface area contributed by atoms with E-state index in [0.29, 0.717) is 5.92 Å². The summed E-state index contributed by atoms with van der Waals surface area (Å²) in [5.74, 6) is -1.96. The lowest BCUT2D eigenvalue weighted by atomic mass is 9.97. The van der Waals surface area contributed by atoms with Crippen molar-refractivity contribution >= 4 is 73.1 Å². The van der Waals surface area contributed by atoms with Gasteiger partial charge in [0.25, 0.3) is 5.09 Å². The molecular formula is C36H35NO10P2S3. The summed E-state index contributed by atoms with van der Waals surface area (Å²) < 4.78 is 14.8. The monoisotopic (exact) mass is 799 g/mol. The fourth-order valence-electron chi connectivity index (χ4n) is 4.93. The van der Waals surface area contributed by atoms with Gasteiger partial charge in [-0.05, 0) is 109 Å². The average molecular weight is 800 g/mol. The van der Waals surface area contributed by atoms with Crippen molar-refractivity contribution in [2.75, 3.05) is 6.61 Å². The second-order valence-electron chi connectivity index (χ2n) is 12.1. The molecule has 52 heavy (non-hydrogen) atoms. The van der Waals surface area contributed by atoms with E-state index in [9.17, 15) is 29.6 Å². The average Bonchev–Trinajstić information content (AvgIpc) is 3.10. The van der Waals surface area contributed by atoms with Crippen molar-refractivity contribution in [1.29, 1.82) is 0 Å². The number of carbonyl (C=O) groups excluding carboxylic acids is 3. The fourth-order valence-corrected chi connectivity index (χ4v) is 30.9. The normalized spacial score (nSPS) is 17.0. The van der Waals surface area contributed by atoms with Gasteiger partial charge in [-0.1, -0.05) is 71.9 Å². The van der Waals surface area contributed by atoms with Crippen molar-refractivity contribution in [3.8, 4) is 23.0 Å². The molecule has 0 saturated carbocycles. The van der Waals surface area contributed by atoms with Gasteiger partial charge in [-0.25, -0.2) is 4.79 Å². The number of ether oxygens (including phenoxy) is 3. The summed E-state index contributed by atoms with van der Waals surface area (Å²) >= 11 is 9.53. The Kier molecular flexibility index (Phi) is 13.4. The van der Waals surface area contributed by atoms with Crippen molar-refractivity contribution in [3.05, 3.63) is 118 Å². The van der Waals surface area contributed by atoms with Gasteiger partial charge in [-0.15, -0.1) is 10.1 Å². The van der Waals surface area contributed by atoms with Gasteiger partial charge in [-0.2, -0.15) is 0 Å². The standard InChI is InChI=1S/C36H35NO10P2S3/c1-23(2)21-25-6-8-26(9-7-25)24(3)35(40)46-29-14-19-33(47-34(39)5-4-20-44-37(42)43)32(22-29)36(41)45-28-12-17-31(18-13-28)49(50)51-48(52-49)30-15-10-27(38)11-16-30/h6-19,22-24,38H,4-5,20-21H2,1-3H3. The zero-order chi connectivity index (χ0) is 37.4. The van der Waals surface area contributed by atoms with Gasteiger partial charge in [0.1, 0.15) is 28.6 Å². The summed E-state index contributed by atoms with van der Waals surface area (Å²) in [5.41, 5.74) is 1.76. The third-order valence-electron chi connectivity index (χ3n) is 7.60. The van der Waals surface area contributed by atoms with E-state index in [1.165, 1.54) is 23.8 Å². The lowest BCUT2D eigenvalue weighted by Gasteiger charge is -2.37. The Morgan fingerprint density at radius 3 is 2.17 bits per heavy atom. The molecule has 0 bridgehead atoms. The summed E-state index contributed by atoms with van der Waals surface area (Å²) in [6.45, 7) is 5.69. The highest BCUT2D eigenvalue weighted by molar-refractivity contribution is 9.43. The molecule has 1 N–H and O–H groups in total. The van der Waals surface area contributed by atoms with E-state index in [0.717, 1.165) is 22.6 Å². The molecule has 1 heterocycles. The number of carbonyl (C=O) groups is 3. The lowest BCUT2D eigenvalue weighted by Crippen LogP contribution is -2.18. The maximum absolute atomic E-state index is 13.5. The predicted molar refractivity (Wildman–Crippen MR) is 208 cm³/mol. The Balaban J connectivity index is 1.28. The van der Waals surface area contributed by atoms with Crippen molar-refractivity contribution in [3.63, 3.8) is 0 Å². The predicted octanol–water partition coefficient (Wildman–Crippen LogP) is 8.47. The molecule has 272 valence electrons. The molecule has 4 aromatic rings. The number of phenols is 1. The van der Waals surface area contributed by atoms with Crippen LogP contribution in [-0.2, 0) is 32.7 Å². The van der Waals surface area contributed by atoms with Gasteiger partial charge in [0.2, 0.25) is 0 Å². The van der Waals surface area contributed by atoms with E-state index in [1.54, 1.807) is 53.2 Å². The van der Waals surface area contributed by atoms with Crippen LogP contribution in [0.5, 0.6) is 23.0 Å². The molecule has 16 heteroatoms. The Morgan fingerprint density at radius 2 is 1.54 bits per heavy atom. The largest absolute Gasteiger partial charge is 0.508 e. The molecule has 1 aliphatic heterocycles. The number of rotatable bonds is 15. The first kappa shape index (κ1) is 39.3. The number of phenolic OH excluding ortho intramolecular Hbond substituents is 1. The Labute approximate surface area is 314 Å². The number of esters is 3. The van der Waals surface area contributed by atoms with Crippen molar-refractivity contribution in [2.45, 2.75) is 46.0 Å². The molecule has 1 saturated heterocycles. The van der Waals surface area contributed by atoms with Crippen LogP contribution in [0, 0.1) is 16.0 Å². The van der Waals surface area contributed by atoms with Gasteiger partial charge >= 0.3 is 17.9 Å². The van der Waals surface area contributed by atoms with Crippen molar-refractivity contribution in [2.24, 2.45) is 5.92 Å². The molecule has 0 amide bonds. The summed E-state index contributed by atoms with van der Waals surface area (Å²) in [4.78, 5) is 53.9. The van der Waals surface area contributed by atoms with Crippen LogP contribution < -0.4 is 24.8 Å². The molecule has 0 spiro atoms. The van der Waals surface area contributed by atoms with Crippen LogP contribution >= 0.6 is 32.8 Å². The Hall–Kier alpha value is -3.93. The molecule has 0 radical (unpaired) electrons. The molecule has 0 aliphatic carbocycles. The molecule has 11 nitrogen and oxygen atoms in total. The highest BCUT2D eigenvalue weighted by atomic mass is 33.7. The molecular weight excluding hydrogens is 765 g/mol. The minimum atomic E-state index is -1.95. The van der Waals surface area contributed by atoms with Gasteiger partial charge < -0.3 is 24.2 Å². The Morgan fingerprint density at radius 1 is 0.885 bits per heavy atom. The summed E-state index contributed by atoms with van der Waals surface area (Å²) in [6.07, 6.45) is 0.163. The first-order chi connectivity index (χ1) is 24.8. The van der Waals surface area contributed by atoms with Crippen LogP contribution in [0.1, 0.15) is 61.0 Å². The first-order valence-electron chi connectivity index (χ1n) is 16.1. The van der Waals surface area contributed by atoms with Gasteiger partial charge in [-0.3, -0.25) is 9.59 Å². The number of benzene rings is 4. The van der Waals surface area contributed by atoms with Crippen molar-refractivity contribution in [1.82, 2.24) is 0 Å². The van der Waals surface area contributed by atoms with Crippen LogP contribution in [0.25, 0.3) is 0 Å². The van der Waals surface area contributed by atoms with E-state index in [-0.39, 0.29) is 48.0 Å². The third-order valence-corrected chi connectivity index (χ3v) is 32.7. The number of aromatic hydroxyl groups is 1. The second kappa shape index (κ2) is 17.7. The zero-order valence-corrected chi connectivity index (χ0v) is 32.6. The van der Waals surface area contributed by atoms with Crippen molar-refractivity contribution < 1.29 is 43.6 Å². The lowest BCUT2D eigenvalue weighted by molar-refractivity contribution is -0.757. The minimum Gasteiger partial charge on any atom is -0.508 e. The van der Waals surface area contributed by atoms with Crippen LogP contribution in [0.2, 0.25) is 0 Å². The number of hydrogen-bond donors (Lipinski definition) is 1. The van der Waals surface area contributed by atoms with Gasteiger partial charge in [0.15, 0.2) is 0 Å². The third kappa shape index (κ3) is 10.6. The zero-order valence-electron chi connectivity index (χ0n) is 28.3. The van der Waals surface area contributed by atoms with Crippen LogP contribution in [0.15, 0.2) is 91.0 Å². The van der Waals surface area contributed by atoms with E-state index < -0.39 is 39.7 Å². The fraction of sp³-hybridized carbons (Fsp3) is 0.250. The summed E-state index contributed by atoms with van der Waals surface area (Å²) in [5, 5.41) is 21.1. The summed E-state index contributed by atoms with van der Waals surface area (Å²) in [6, 6.07) is 25.8. The molecule has 1 atom stereocenters.